The zero-order valence-corrected chi connectivity index (χ0v) is 19.1. The lowest BCUT2D eigenvalue weighted by Crippen LogP contribution is -2.40. The molecule has 2 aromatic carbocycles. The number of hydrogen-bond donors (Lipinski definition) is 2. The minimum absolute atomic E-state index is 0.0136. The van der Waals surface area contributed by atoms with Crippen molar-refractivity contribution in [2.24, 2.45) is 0 Å². The van der Waals surface area contributed by atoms with Gasteiger partial charge in [-0.1, -0.05) is 42.5 Å². The van der Waals surface area contributed by atoms with Gasteiger partial charge in [0.15, 0.2) is 5.65 Å². The van der Waals surface area contributed by atoms with E-state index >= 15 is 0 Å². The molecule has 0 aliphatic heterocycles. The van der Waals surface area contributed by atoms with E-state index in [4.69, 9.17) is 5.73 Å². The average Bonchev–Trinajstić information content (AvgIpc) is 3.23. The second-order valence-corrected chi connectivity index (χ2v) is 8.45. The van der Waals surface area contributed by atoms with E-state index in [2.05, 4.69) is 14.2 Å². The Kier molecular flexibility index (Phi) is 7.36. The van der Waals surface area contributed by atoms with Gasteiger partial charge in [0.25, 0.3) is 5.56 Å². The Bertz CT molecular complexity index is 1410. The van der Waals surface area contributed by atoms with Gasteiger partial charge in [-0.3, -0.25) is 13.9 Å². The molecule has 3 N–H and O–H groups in total. The molecule has 10 nitrogen and oxygen atoms in total. The molecule has 0 fully saturated rings. The van der Waals surface area contributed by atoms with Crippen LogP contribution in [0.2, 0.25) is 0 Å². The number of benzene rings is 2. The molecule has 2 aromatic heterocycles. The third-order valence-corrected chi connectivity index (χ3v) is 5.79. The Morgan fingerprint density at radius 2 is 1.74 bits per heavy atom. The van der Waals surface area contributed by atoms with Gasteiger partial charge in [0.2, 0.25) is 0 Å². The Morgan fingerprint density at radius 3 is 2.44 bits per heavy atom. The van der Waals surface area contributed by atoms with Crippen LogP contribution in [0.15, 0.2) is 64.2 Å². The molecule has 4 rings (SSSR count). The number of imidazole rings is 1. The van der Waals surface area contributed by atoms with E-state index in [1.165, 1.54) is 4.57 Å². The summed E-state index contributed by atoms with van der Waals surface area (Å²) in [5, 5.41) is 0. The summed E-state index contributed by atoms with van der Waals surface area (Å²) in [6.07, 6.45) is 1.19. The smallest absolute Gasteiger partial charge is 0.332 e. The minimum atomic E-state index is -2.65. The number of anilines is 1. The fraction of sp³-hybridized carbons (Fsp3) is 0.261. The van der Waals surface area contributed by atoms with Gasteiger partial charge in [0.1, 0.15) is 11.3 Å². The molecule has 1 unspecified atom stereocenters. The summed E-state index contributed by atoms with van der Waals surface area (Å²) in [5.41, 5.74) is 7.92. The van der Waals surface area contributed by atoms with Crippen molar-refractivity contribution in [3.05, 3.63) is 92.4 Å². The summed E-state index contributed by atoms with van der Waals surface area (Å²) in [4.78, 5) is 34.0. The zero-order chi connectivity index (χ0) is 24.1. The van der Waals surface area contributed by atoms with Gasteiger partial charge in [-0.2, -0.15) is 0 Å². The van der Waals surface area contributed by atoms with Crippen LogP contribution < -0.4 is 17.0 Å². The van der Waals surface area contributed by atoms with E-state index in [0.717, 1.165) is 15.7 Å². The molecule has 11 heteroatoms. The standard InChI is InChI=1S/C23H25N5O5S/c24-18-9-7-16(8-10-18)11-13-27-21-20(25-19(26-21)15-17-5-2-1-3-6-17)22(29)28(23(27)30)12-4-14-33-34(31)32/h1-3,5-10H,4,11-15,24H2,(H,25,26)(H,31,32)/p-1. The van der Waals surface area contributed by atoms with Crippen LogP contribution in [0.4, 0.5) is 5.69 Å². The minimum Gasteiger partial charge on any atom is -0.750 e. The maximum absolute atomic E-state index is 13.3. The number of aromatic amines is 1. The van der Waals surface area contributed by atoms with Crippen LogP contribution in [-0.4, -0.2) is 34.5 Å². The summed E-state index contributed by atoms with van der Waals surface area (Å²) >= 11 is -2.65. The highest BCUT2D eigenvalue weighted by molar-refractivity contribution is 7.74. The van der Waals surface area contributed by atoms with Crippen molar-refractivity contribution in [3.8, 4) is 0 Å². The molecule has 0 saturated carbocycles. The van der Waals surface area contributed by atoms with E-state index in [0.29, 0.717) is 36.5 Å². The fourth-order valence-corrected chi connectivity index (χ4v) is 4.01. The van der Waals surface area contributed by atoms with E-state index in [9.17, 15) is 18.4 Å². The van der Waals surface area contributed by atoms with Crippen molar-refractivity contribution in [1.82, 2.24) is 19.1 Å². The van der Waals surface area contributed by atoms with Crippen molar-refractivity contribution in [2.45, 2.75) is 32.4 Å². The van der Waals surface area contributed by atoms with Gasteiger partial charge in [0, 0.05) is 25.2 Å². The quantitative estimate of drug-likeness (QED) is 0.198. The first kappa shape index (κ1) is 23.6. The molecule has 34 heavy (non-hydrogen) atoms. The van der Waals surface area contributed by atoms with Gasteiger partial charge in [-0.05, 0) is 36.1 Å². The number of nitrogens with two attached hydrogens (primary N) is 1. The maximum atomic E-state index is 13.3. The lowest BCUT2D eigenvalue weighted by atomic mass is 10.1. The summed E-state index contributed by atoms with van der Waals surface area (Å²) in [7, 11) is 0. The van der Waals surface area contributed by atoms with Crippen molar-refractivity contribution in [3.63, 3.8) is 0 Å². The van der Waals surface area contributed by atoms with Gasteiger partial charge in [0.05, 0.1) is 18.0 Å². The van der Waals surface area contributed by atoms with Gasteiger partial charge < -0.3 is 19.5 Å². The van der Waals surface area contributed by atoms with Crippen LogP contribution in [0.25, 0.3) is 11.2 Å². The number of hydrogen-bond acceptors (Lipinski definition) is 7. The van der Waals surface area contributed by atoms with Crippen molar-refractivity contribution in [1.29, 1.82) is 0 Å². The first-order valence-corrected chi connectivity index (χ1v) is 11.8. The predicted octanol–water partition coefficient (Wildman–Crippen LogP) is 1.50. The zero-order valence-electron chi connectivity index (χ0n) is 18.3. The third kappa shape index (κ3) is 5.50. The first-order chi connectivity index (χ1) is 16.4. The summed E-state index contributed by atoms with van der Waals surface area (Å²) in [6, 6.07) is 17.0. The summed E-state index contributed by atoms with van der Waals surface area (Å²) in [6.45, 7) is 0.184. The number of fused-ring (bicyclic) bond motifs is 1. The second kappa shape index (κ2) is 10.6. The van der Waals surface area contributed by atoms with Crippen molar-refractivity contribution >= 4 is 28.2 Å². The molecular weight excluding hydrogens is 458 g/mol. The number of nitrogens with zero attached hydrogens (tertiary/aromatic N) is 3. The highest BCUT2D eigenvalue weighted by Crippen LogP contribution is 2.12. The number of nitrogens with one attached hydrogen (secondary N) is 1. The predicted molar refractivity (Wildman–Crippen MR) is 128 cm³/mol. The molecule has 2 heterocycles. The Hall–Kier alpha value is -3.54. The van der Waals surface area contributed by atoms with Crippen LogP contribution >= 0.6 is 0 Å². The number of aromatic nitrogens is 4. The van der Waals surface area contributed by atoms with Crippen LogP contribution in [-0.2, 0) is 41.5 Å². The third-order valence-electron chi connectivity index (χ3n) is 5.43. The monoisotopic (exact) mass is 482 g/mol. The molecule has 0 bridgehead atoms. The topological polar surface area (TPSA) is 148 Å². The first-order valence-electron chi connectivity index (χ1n) is 10.8. The van der Waals surface area contributed by atoms with Crippen LogP contribution in [0.5, 0.6) is 0 Å². The van der Waals surface area contributed by atoms with Gasteiger partial charge >= 0.3 is 5.69 Å². The molecule has 0 saturated heterocycles. The Labute approximate surface area is 197 Å². The summed E-state index contributed by atoms with van der Waals surface area (Å²) in [5.74, 6) is 0.571. The highest BCUT2D eigenvalue weighted by atomic mass is 32.2. The lowest BCUT2D eigenvalue weighted by molar-refractivity contribution is 0.286. The highest BCUT2D eigenvalue weighted by Gasteiger charge is 2.17. The van der Waals surface area contributed by atoms with Crippen molar-refractivity contribution in [2.75, 3.05) is 12.3 Å². The van der Waals surface area contributed by atoms with E-state index in [-0.39, 0.29) is 25.1 Å². The Balaban J connectivity index is 1.70. The maximum Gasteiger partial charge on any atom is 0.332 e. The molecule has 0 amide bonds. The molecule has 0 spiro atoms. The molecule has 1 atom stereocenters. The SMILES string of the molecule is Nc1ccc(CCn2c(=O)n(CCCOS(=O)[O-])c(=O)c3[nH]c(Cc4ccccc4)nc32)cc1. The number of nitrogen functional groups attached to an aromatic ring is 1. The van der Waals surface area contributed by atoms with Crippen molar-refractivity contribution < 1.29 is 12.9 Å². The molecule has 0 aliphatic rings. The second-order valence-electron chi connectivity index (χ2n) is 7.81. The molecule has 0 radical (unpaired) electrons. The normalized spacial score (nSPS) is 12.3. The lowest BCUT2D eigenvalue weighted by Gasteiger charge is -2.12. The molecule has 0 aliphatic carbocycles. The van der Waals surface area contributed by atoms with Crippen LogP contribution in [0.1, 0.15) is 23.4 Å². The van der Waals surface area contributed by atoms with E-state index in [1.807, 2.05) is 42.5 Å². The Morgan fingerprint density at radius 1 is 1.00 bits per heavy atom. The van der Waals surface area contributed by atoms with Gasteiger partial charge in [-0.15, -0.1) is 0 Å². The van der Waals surface area contributed by atoms with Crippen LogP contribution in [0.3, 0.4) is 0 Å². The number of rotatable bonds is 10. The van der Waals surface area contributed by atoms with E-state index < -0.39 is 22.6 Å². The number of H-pyrrole nitrogens is 1. The van der Waals surface area contributed by atoms with E-state index in [1.54, 1.807) is 12.1 Å². The molecular formula is C23H24N5O5S-. The average molecular weight is 483 g/mol. The van der Waals surface area contributed by atoms with Gasteiger partial charge in [-0.25, -0.2) is 14.0 Å². The fourth-order valence-electron chi connectivity index (χ4n) is 3.76. The number of aryl methyl sites for hydroxylation is 2. The largest absolute Gasteiger partial charge is 0.750 e. The molecule has 4 aromatic rings. The molecule has 178 valence electrons. The summed E-state index contributed by atoms with van der Waals surface area (Å²) < 4.78 is 28.3. The van der Waals surface area contributed by atoms with Crippen LogP contribution in [0, 0.1) is 0 Å².